The highest BCUT2D eigenvalue weighted by Crippen LogP contribution is 2.41. The third-order valence-electron chi connectivity index (χ3n) is 6.32. The van der Waals surface area contributed by atoms with E-state index >= 15 is 4.39 Å². The summed E-state index contributed by atoms with van der Waals surface area (Å²) in [4.78, 5) is 30.6. The maximum Gasteiger partial charge on any atom is 0.410 e. The Morgan fingerprint density at radius 1 is 1.27 bits per heavy atom. The van der Waals surface area contributed by atoms with Crippen LogP contribution in [-0.4, -0.2) is 69.4 Å². The highest BCUT2D eigenvalue weighted by atomic mass is 35.5. The van der Waals surface area contributed by atoms with Gasteiger partial charge in [-0.15, -0.1) is 0 Å². The maximum atomic E-state index is 16.0. The number of amides is 1. The first kappa shape index (κ1) is 27.0. The number of hydrogen-bond acceptors (Lipinski definition) is 7. The molecule has 1 unspecified atom stereocenters. The molecule has 0 aliphatic carbocycles. The molecule has 0 N–H and O–H groups in total. The van der Waals surface area contributed by atoms with Gasteiger partial charge < -0.3 is 14.5 Å². The molecule has 8 nitrogen and oxygen atoms in total. The van der Waals surface area contributed by atoms with Crippen molar-refractivity contribution in [2.24, 2.45) is 4.99 Å². The minimum absolute atomic E-state index is 0.00667. The van der Waals surface area contributed by atoms with Gasteiger partial charge in [-0.25, -0.2) is 19.2 Å². The monoisotopic (exact) mass is 534 g/mol. The van der Waals surface area contributed by atoms with Crippen LogP contribution in [0.15, 0.2) is 23.3 Å². The average Bonchev–Trinajstić information content (AvgIpc) is 2.79. The fourth-order valence-electron chi connectivity index (χ4n) is 4.65. The number of amidine groups is 1. The number of ether oxygens (including phenoxy) is 1. The second kappa shape index (κ2) is 10.0. The Kier molecular flexibility index (Phi) is 7.34. The van der Waals surface area contributed by atoms with E-state index in [0.717, 1.165) is 5.56 Å². The largest absolute Gasteiger partial charge is 0.444 e. The standard InChI is InChI=1S/C26H33ClF2N6O2/c1-14(2)19-20(15(3)8-9-30-19)35-23-17(12-18(28)21(27)31-23)22(32-24(35)29)34-11-10-33(13-16(34)4)25(36)37-26(5,6)7/h8-9,12,14,16,24H,10-11,13H2,1-7H3/t16-,24?/m0/s1. The first-order chi connectivity index (χ1) is 17.3. The number of nitrogens with zero attached hydrogens (tertiary/aromatic N) is 6. The number of hydrogen-bond donors (Lipinski definition) is 0. The van der Waals surface area contributed by atoms with Crippen molar-refractivity contribution in [1.29, 1.82) is 0 Å². The van der Waals surface area contributed by atoms with Crippen LogP contribution in [-0.2, 0) is 4.74 Å². The van der Waals surface area contributed by atoms with Crippen LogP contribution in [0.4, 0.5) is 25.1 Å². The van der Waals surface area contributed by atoms with Crippen molar-refractivity contribution < 1.29 is 18.3 Å². The van der Waals surface area contributed by atoms with Crippen LogP contribution < -0.4 is 4.90 Å². The second-order valence-electron chi connectivity index (χ2n) is 10.8. The molecule has 4 rings (SSSR count). The minimum Gasteiger partial charge on any atom is -0.444 e. The van der Waals surface area contributed by atoms with Crippen molar-refractivity contribution >= 4 is 35.0 Å². The molecule has 2 aliphatic rings. The molecular weight excluding hydrogens is 502 g/mol. The molecule has 2 aromatic heterocycles. The molecule has 0 radical (unpaired) electrons. The van der Waals surface area contributed by atoms with Gasteiger partial charge in [0.15, 0.2) is 11.0 Å². The van der Waals surface area contributed by atoms with E-state index < -0.39 is 23.9 Å². The number of rotatable bonds is 2. The van der Waals surface area contributed by atoms with Gasteiger partial charge in [-0.05, 0) is 58.2 Å². The Balaban J connectivity index is 1.74. The number of aromatic nitrogens is 2. The summed E-state index contributed by atoms with van der Waals surface area (Å²) in [5.41, 5.74) is 1.70. The zero-order chi connectivity index (χ0) is 27.2. The zero-order valence-corrected chi connectivity index (χ0v) is 23.0. The van der Waals surface area contributed by atoms with Gasteiger partial charge in [-0.2, -0.15) is 4.39 Å². The molecule has 1 saturated heterocycles. The summed E-state index contributed by atoms with van der Waals surface area (Å²) < 4.78 is 36.2. The van der Waals surface area contributed by atoms with Gasteiger partial charge in [-0.1, -0.05) is 25.4 Å². The number of carbonyl (C=O) groups excluding carboxylic acids is 1. The van der Waals surface area contributed by atoms with Crippen molar-refractivity contribution in [3.63, 3.8) is 0 Å². The van der Waals surface area contributed by atoms with E-state index in [0.29, 0.717) is 36.6 Å². The average molecular weight is 535 g/mol. The Morgan fingerprint density at radius 3 is 2.59 bits per heavy atom. The molecule has 1 fully saturated rings. The molecule has 200 valence electrons. The van der Waals surface area contributed by atoms with Crippen molar-refractivity contribution in [3.05, 3.63) is 46.1 Å². The van der Waals surface area contributed by atoms with Crippen molar-refractivity contribution in [3.8, 4) is 0 Å². The summed E-state index contributed by atoms with van der Waals surface area (Å²) in [6.45, 7) is 14.2. The number of piperazine rings is 1. The molecule has 11 heteroatoms. The summed E-state index contributed by atoms with van der Waals surface area (Å²) >= 11 is 6.09. The molecular formula is C26H33ClF2N6O2. The molecule has 0 aromatic carbocycles. The van der Waals surface area contributed by atoms with Crippen LogP contribution >= 0.6 is 11.6 Å². The molecule has 0 bridgehead atoms. The summed E-state index contributed by atoms with van der Waals surface area (Å²) in [7, 11) is 0. The van der Waals surface area contributed by atoms with Gasteiger partial charge in [0.05, 0.1) is 16.9 Å². The summed E-state index contributed by atoms with van der Waals surface area (Å²) in [5, 5.41) is -0.354. The van der Waals surface area contributed by atoms with Crippen molar-refractivity contribution in [2.45, 2.75) is 72.4 Å². The SMILES string of the molecule is Cc1ccnc(C(C)C)c1N1c2nc(Cl)c(F)cc2C(N2CCN(C(=O)OC(C)(C)C)C[C@@H]2C)=NC1F. The molecule has 2 aliphatic heterocycles. The van der Waals surface area contributed by atoms with Crippen LogP contribution in [0, 0.1) is 12.7 Å². The third-order valence-corrected chi connectivity index (χ3v) is 6.58. The maximum absolute atomic E-state index is 16.0. The van der Waals surface area contributed by atoms with Crippen LogP contribution in [0.1, 0.15) is 64.3 Å². The summed E-state index contributed by atoms with van der Waals surface area (Å²) in [5.74, 6) is -0.292. The van der Waals surface area contributed by atoms with E-state index in [-0.39, 0.29) is 28.8 Å². The van der Waals surface area contributed by atoms with Crippen molar-refractivity contribution in [2.75, 3.05) is 24.5 Å². The van der Waals surface area contributed by atoms with Crippen LogP contribution in [0.5, 0.6) is 0 Å². The first-order valence-corrected chi connectivity index (χ1v) is 12.7. The number of alkyl halides is 1. The van der Waals surface area contributed by atoms with Gasteiger partial charge in [0.1, 0.15) is 17.3 Å². The Hall–Kier alpha value is -3.01. The summed E-state index contributed by atoms with van der Waals surface area (Å²) in [6, 6.07) is 2.79. The number of fused-ring (bicyclic) bond motifs is 1. The quantitative estimate of drug-likeness (QED) is 0.358. The first-order valence-electron chi connectivity index (χ1n) is 12.4. The van der Waals surface area contributed by atoms with Gasteiger partial charge in [0.25, 0.3) is 6.42 Å². The fraction of sp³-hybridized carbons (Fsp3) is 0.538. The summed E-state index contributed by atoms with van der Waals surface area (Å²) in [6.07, 6.45) is -0.571. The molecule has 2 aromatic rings. The Bertz CT molecular complexity index is 1230. The lowest BCUT2D eigenvalue weighted by Gasteiger charge is -2.44. The van der Waals surface area contributed by atoms with Crippen LogP contribution in [0.2, 0.25) is 5.15 Å². The highest BCUT2D eigenvalue weighted by Gasteiger charge is 2.39. The molecule has 4 heterocycles. The normalized spacial score (nSPS) is 20.2. The number of aliphatic imine (C=N–C) groups is 1. The van der Waals surface area contributed by atoms with Gasteiger partial charge in [0, 0.05) is 31.9 Å². The highest BCUT2D eigenvalue weighted by molar-refractivity contribution is 6.30. The topological polar surface area (TPSA) is 74.2 Å². The third kappa shape index (κ3) is 5.35. The smallest absolute Gasteiger partial charge is 0.410 e. The predicted molar refractivity (Wildman–Crippen MR) is 140 cm³/mol. The van der Waals surface area contributed by atoms with Crippen LogP contribution in [0.3, 0.4) is 0 Å². The zero-order valence-electron chi connectivity index (χ0n) is 22.2. The van der Waals surface area contributed by atoms with E-state index in [1.807, 2.05) is 53.4 Å². The minimum atomic E-state index is -1.84. The molecule has 0 spiro atoms. The Morgan fingerprint density at radius 2 is 1.97 bits per heavy atom. The van der Waals surface area contributed by atoms with Gasteiger partial charge in [0.2, 0.25) is 0 Å². The number of aryl methyl sites for hydroxylation is 1. The lowest BCUT2D eigenvalue weighted by Crippen LogP contribution is -2.57. The van der Waals surface area contributed by atoms with Crippen LogP contribution in [0.25, 0.3) is 0 Å². The molecule has 37 heavy (non-hydrogen) atoms. The van der Waals surface area contributed by atoms with E-state index in [4.69, 9.17) is 16.3 Å². The van der Waals surface area contributed by atoms with E-state index in [2.05, 4.69) is 15.0 Å². The number of carbonyl (C=O) groups is 1. The van der Waals surface area contributed by atoms with Gasteiger partial charge in [-0.3, -0.25) is 9.88 Å². The second-order valence-corrected chi connectivity index (χ2v) is 11.1. The Labute approximate surface area is 221 Å². The van der Waals surface area contributed by atoms with Gasteiger partial charge >= 0.3 is 6.09 Å². The number of pyridine rings is 2. The number of anilines is 2. The van der Waals surface area contributed by atoms with Crippen molar-refractivity contribution in [1.82, 2.24) is 19.8 Å². The predicted octanol–water partition coefficient (Wildman–Crippen LogP) is 5.79. The van der Waals surface area contributed by atoms with E-state index in [1.54, 1.807) is 17.2 Å². The fourth-order valence-corrected chi connectivity index (χ4v) is 4.78. The van der Waals surface area contributed by atoms with E-state index in [1.165, 1.54) is 11.0 Å². The molecule has 0 saturated carbocycles. The molecule has 2 atom stereocenters. The lowest BCUT2D eigenvalue weighted by atomic mass is 10.0. The van der Waals surface area contributed by atoms with E-state index in [9.17, 15) is 9.18 Å². The molecule has 1 amide bonds. The lowest BCUT2D eigenvalue weighted by molar-refractivity contribution is 0.0133. The number of halogens is 3.